The predicted molar refractivity (Wildman–Crippen MR) is 86.2 cm³/mol. The van der Waals surface area contributed by atoms with Gasteiger partial charge >= 0.3 is 0 Å². The number of aliphatic hydroxyl groups excluding tert-OH is 1. The number of aliphatic hydroxyl groups is 1. The van der Waals surface area contributed by atoms with Crippen molar-refractivity contribution in [3.05, 3.63) is 29.8 Å². The summed E-state index contributed by atoms with van der Waals surface area (Å²) in [5.41, 5.74) is 2.75. The summed E-state index contributed by atoms with van der Waals surface area (Å²) in [5.74, 6) is 0.822. The van der Waals surface area contributed by atoms with Gasteiger partial charge in [-0.15, -0.1) is 0 Å². The zero-order valence-corrected chi connectivity index (χ0v) is 13.2. The van der Waals surface area contributed by atoms with E-state index in [0.29, 0.717) is 6.61 Å². The highest BCUT2D eigenvalue weighted by molar-refractivity contribution is 5.53. The van der Waals surface area contributed by atoms with Crippen molar-refractivity contribution in [3.63, 3.8) is 0 Å². The van der Waals surface area contributed by atoms with E-state index in [2.05, 4.69) is 49.9 Å². The van der Waals surface area contributed by atoms with E-state index in [1.165, 1.54) is 24.1 Å². The lowest BCUT2D eigenvalue weighted by Crippen LogP contribution is -2.43. The van der Waals surface area contributed by atoms with E-state index < -0.39 is 0 Å². The van der Waals surface area contributed by atoms with E-state index in [1.54, 1.807) is 0 Å². The molecule has 2 nitrogen and oxygen atoms in total. The summed E-state index contributed by atoms with van der Waals surface area (Å²) in [7, 11) is 0. The molecule has 2 heteroatoms. The first-order chi connectivity index (χ1) is 9.60. The molecular formula is C18H29NO. The van der Waals surface area contributed by atoms with E-state index in [4.69, 9.17) is 0 Å². The average Bonchev–Trinajstić information content (AvgIpc) is 2.48. The second-order valence-electron chi connectivity index (χ2n) is 6.64. The minimum Gasteiger partial charge on any atom is -0.396 e. The third kappa shape index (κ3) is 3.35. The van der Waals surface area contributed by atoms with Crippen molar-refractivity contribution in [2.75, 3.05) is 24.6 Å². The molecule has 0 aliphatic heterocycles. The smallest absolute Gasteiger partial charge is 0.0504 e. The van der Waals surface area contributed by atoms with Crippen LogP contribution in [0.2, 0.25) is 0 Å². The molecule has 0 bridgehead atoms. The van der Waals surface area contributed by atoms with Crippen molar-refractivity contribution in [1.82, 2.24) is 0 Å². The summed E-state index contributed by atoms with van der Waals surface area (Å²) in [6.45, 7) is 9.03. The predicted octanol–water partition coefficient (Wildman–Crippen LogP) is 4.01. The molecule has 1 aromatic rings. The molecule has 1 N–H and O–H groups in total. The molecule has 0 spiro atoms. The van der Waals surface area contributed by atoms with Crippen LogP contribution in [0.5, 0.6) is 0 Å². The summed E-state index contributed by atoms with van der Waals surface area (Å²) >= 11 is 0. The molecule has 0 aromatic heterocycles. The Hall–Kier alpha value is -1.02. The highest BCUT2D eigenvalue weighted by Gasteiger charge is 2.35. The number of hydrogen-bond donors (Lipinski definition) is 1. The van der Waals surface area contributed by atoms with Gasteiger partial charge in [0.15, 0.2) is 0 Å². The van der Waals surface area contributed by atoms with E-state index in [-0.39, 0.29) is 5.41 Å². The van der Waals surface area contributed by atoms with Crippen LogP contribution in [0.3, 0.4) is 0 Å². The Kier molecular flexibility index (Phi) is 5.09. The molecule has 20 heavy (non-hydrogen) atoms. The molecule has 0 heterocycles. The molecule has 1 aliphatic rings. The van der Waals surface area contributed by atoms with Gasteiger partial charge in [0.05, 0.1) is 6.61 Å². The van der Waals surface area contributed by atoms with Crippen LogP contribution in [0, 0.1) is 18.3 Å². The molecule has 1 saturated carbocycles. The Labute approximate surface area is 123 Å². The van der Waals surface area contributed by atoms with E-state index in [9.17, 15) is 5.11 Å². The maximum Gasteiger partial charge on any atom is 0.0504 e. The van der Waals surface area contributed by atoms with Gasteiger partial charge in [0.1, 0.15) is 0 Å². The number of para-hydroxylation sites is 1. The molecule has 0 unspecified atom stereocenters. The third-order valence-corrected chi connectivity index (χ3v) is 5.03. The van der Waals surface area contributed by atoms with Crippen molar-refractivity contribution >= 4 is 5.69 Å². The summed E-state index contributed by atoms with van der Waals surface area (Å²) in [6, 6.07) is 8.58. The summed E-state index contributed by atoms with van der Waals surface area (Å²) in [5, 5.41) is 9.96. The number of benzene rings is 1. The van der Waals surface area contributed by atoms with Gasteiger partial charge in [-0.05, 0) is 44.2 Å². The first kappa shape index (κ1) is 15.4. The van der Waals surface area contributed by atoms with Gasteiger partial charge in [-0.2, -0.15) is 0 Å². The standard InChI is InChI=1S/C18H29NO/c1-4-19(17-8-6-5-7-16(17)3)13-18(14-20)11-9-15(2)10-12-18/h5-8,15,20H,4,9-14H2,1-3H3. The van der Waals surface area contributed by atoms with Crippen LogP contribution in [-0.4, -0.2) is 24.8 Å². The lowest BCUT2D eigenvalue weighted by atomic mass is 9.71. The molecule has 112 valence electrons. The quantitative estimate of drug-likeness (QED) is 0.877. The summed E-state index contributed by atoms with van der Waals surface area (Å²) in [6.07, 6.45) is 4.83. The number of anilines is 1. The van der Waals surface area contributed by atoms with Crippen molar-refractivity contribution in [2.45, 2.75) is 46.5 Å². The van der Waals surface area contributed by atoms with Gasteiger partial charge < -0.3 is 10.0 Å². The molecule has 0 radical (unpaired) electrons. The van der Waals surface area contributed by atoms with Crippen LogP contribution in [0.25, 0.3) is 0 Å². The highest BCUT2D eigenvalue weighted by Crippen LogP contribution is 2.40. The topological polar surface area (TPSA) is 23.5 Å². The Morgan fingerprint density at radius 1 is 1.25 bits per heavy atom. The number of nitrogens with zero attached hydrogens (tertiary/aromatic N) is 1. The zero-order chi connectivity index (χ0) is 14.6. The van der Waals surface area contributed by atoms with Gasteiger partial charge in [-0.25, -0.2) is 0 Å². The largest absolute Gasteiger partial charge is 0.396 e. The van der Waals surface area contributed by atoms with E-state index in [0.717, 1.165) is 31.8 Å². The lowest BCUT2D eigenvalue weighted by Gasteiger charge is -2.42. The molecule has 0 saturated heterocycles. The van der Waals surface area contributed by atoms with Crippen LogP contribution in [0.4, 0.5) is 5.69 Å². The fraction of sp³-hybridized carbons (Fsp3) is 0.667. The number of rotatable bonds is 5. The van der Waals surface area contributed by atoms with Gasteiger partial charge in [0.2, 0.25) is 0 Å². The second kappa shape index (κ2) is 6.62. The highest BCUT2D eigenvalue weighted by atomic mass is 16.3. The van der Waals surface area contributed by atoms with Crippen molar-refractivity contribution in [1.29, 1.82) is 0 Å². The van der Waals surface area contributed by atoms with Crippen LogP contribution in [0.15, 0.2) is 24.3 Å². The van der Waals surface area contributed by atoms with Crippen molar-refractivity contribution < 1.29 is 5.11 Å². The van der Waals surface area contributed by atoms with Gasteiger partial charge in [0, 0.05) is 24.2 Å². The van der Waals surface area contributed by atoms with Crippen LogP contribution in [0.1, 0.15) is 45.1 Å². The Bertz CT molecular complexity index is 421. The molecule has 1 fully saturated rings. The lowest BCUT2D eigenvalue weighted by molar-refractivity contribution is 0.0731. The maximum atomic E-state index is 9.96. The second-order valence-corrected chi connectivity index (χ2v) is 6.64. The van der Waals surface area contributed by atoms with Crippen LogP contribution < -0.4 is 4.90 Å². The molecule has 0 atom stereocenters. The first-order valence-electron chi connectivity index (χ1n) is 8.01. The maximum absolute atomic E-state index is 9.96. The zero-order valence-electron chi connectivity index (χ0n) is 13.2. The fourth-order valence-electron chi connectivity index (χ4n) is 3.43. The normalized spacial score (nSPS) is 26.5. The van der Waals surface area contributed by atoms with Gasteiger partial charge in [-0.1, -0.05) is 38.0 Å². The number of hydrogen-bond acceptors (Lipinski definition) is 2. The van der Waals surface area contributed by atoms with E-state index >= 15 is 0 Å². The monoisotopic (exact) mass is 275 g/mol. The minimum atomic E-state index is 0.102. The molecule has 2 rings (SSSR count). The average molecular weight is 275 g/mol. The molecule has 1 aromatic carbocycles. The summed E-state index contributed by atoms with van der Waals surface area (Å²) < 4.78 is 0. The SMILES string of the molecule is CCN(CC1(CO)CCC(C)CC1)c1ccccc1C. The van der Waals surface area contributed by atoms with Gasteiger partial charge in [-0.3, -0.25) is 0 Å². The van der Waals surface area contributed by atoms with Crippen LogP contribution >= 0.6 is 0 Å². The van der Waals surface area contributed by atoms with E-state index in [1.807, 2.05) is 0 Å². The third-order valence-electron chi connectivity index (χ3n) is 5.03. The molecule has 0 amide bonds. The molecular weight excluding hydrogens is 246 g/mol. The van der Waals surface area contributed by atoms with Crippen LogP contribution in [-0.2, 0) is 0 Å². The first-order valence-corrected chi connectivity index (χ1v) is 8.01. The van der Waals surface area contributed by atoms with Gasteiger partial charge in [0.25, 0.3) is 0 Å². The summed E-state index contributed by atoms with van der Waals surface area (Å²) in [4.78, 5) is 2.45. The van der Waals surface area contributed by atoms with Crippen molar-refractivity contribution in [2.24, 2.45) is 11.3 Å². The Morgan fingerprint density at radius 2 is 1.90 bits per heavy atom. The molecule has 1 aliphatic carbocycles. The van der Waals surface area contributed by atoms with Crippen molar-refractivity contribution in [3.8, 4) is 0 Å². The Morgan fingerprint density at radius 3 is 2.45 bits per heavy atom. The number of aryl methyl sites for hydroxylation is 1. The minimum absolute atomic E-state index is 0.102. The fourth-order valence-corrected chi connectivity index (χ4v) is 3.43. The Balaban J connectivity index is 2.14.